The molecule has 1 N–H and O–H groups in total. The van der Waals surface area contributed by atoms with Crippen molar-refractivity contribution in [2.24, 2.45) is 17.8 Å². The number of aliphatic hydroxyl groups excluding tert-OH is 1. The summed E-state index contributed by atoms with van der Waals surface area (Å²) in [7, 11) is 0. The molecule has 0 aromatic heterocycles. The lowest BCUT2D eigenvalue weighted by molar-refractivity contribution is -0.200. The molecule has 96 valence electrons. The van der Waals surface area contributed by atoms with Crippen molar-refractivity contribution in [1.29, 1.82) is 0 Å². The third-order valence-corrected chi connectivity index (χ3v) is 4.91. The van der Waals surface area contributed by atoms with E-state index in [0.29, 0.717) is 24.4 Å². The van der Waals surface area contributed by atoms with E-state index in [2.05, 4.69) is 6.58 Å². The van der Waals surface area contributed by atoms with Gasteiger partial charge in [-0.25, -0.2) is 0 Å². The first kappa shape index (κ1) is 11.7. The van der Waals surface area contributed by atoms with Crippen LogP contribution >= 0.6 is 0 Å². The number of ether oxygens (including phenoxy) is 2. The number of allylic oxidation sites excluding steroid dienone is 1. The van der Waals surface area contributed by atoms with E-state index >= 15 is 0 Å². The Labute approximate surface area is 103 Å². The maximum absolute atomic E-state index is 9.54. The number of hydrogen-bond acceptors (Lipinski definition) is 3. The topological polar surface area (TPSA) is 38.7 Å². The lowest BCUT2D eigenvalue weighted by atomic mass is 9.62. The van der Waals surface area contributed by atoms with E-state index in [4.69, 9.17) is 9.47 Å². The van der Waals surface area contributed by atoms with Crippen LogP contribution in [0.25, 0.3) is 0 Å². The molecule has 0 aromatic rings. The van der Waals surface area contributed by atoms with Gasteiger partial charge < -0.3 is 14.6 Å². The van der Waals surface area contributed by atoms with E-state index in [1.807, 2.05) is 0 Å². The Balaban J connectivity index is 1.79. The SMILES string of the molecule is C=C1CC[C@@H](CO)[C@@H]2CC3(CC[C@@H]12)OCCO3. The van der Waals surface area contributed by atoms with Crippen LogP contribution in [-0.4, -0.2) is 30.7 Å². The highest BCUT2D eigenvalue weighted by molar-refractivity contribution is 5.11. The largest absolute Gasteiger partial charge is 0.396 e. The van der Waals surface area contributed by atoms with Crippen molar-refractivity contribution in [2.75, 3.05) is 19.8 Å². The molecule has 3 rings (SSSR count). The molecule has 3 aliphatic rings. The van der Waals surface area contributed by atoms with Gasteiger partial charge in [-0.1, -0.05) is 12.2 Å². The average Bonchev–Trinajstić information content (AvgIpc) is 2.78. The number of rotatable bonds is 1. The Morgan fingerprint density at radius 2 is 2.06 bits per heavy atom. The van der Waals surface area contributed by atoms with E-state index < -0.39 is 0 Å². The molecule has 1 saturated heterocycles. The molecule has 17 heavy (non-hydrogen) atoms. The van der Waals surface area contributed by atoms with Crippen LogP contribution in [0.5, 0.6) is 0 Å². The van der Waals surface area contributed by atoms with Gasteiger partial charge in [0.05, 0.1) is 13.2 Å². The minimum absolute atomic E-state index is 0.296. The molecule has 0 unspecified atom stereocenters. The Morgan fingerprint density at radius 1 is 1.29 bits per heavy atom. The summed E-state index contributed by atoms with van der Waals surface area (Å²) in [5, 5.41) is 9.54. The summed E-state index contributed by atoms with van der Waals surface area (Å²) in [6.07, 6.45) is 5.21. The third kappa shape index (κ3) is 1.94. The molecule has 1 aliphatic heterocycles. The van der Waals surface area contributed by atoms with Crippen LogP contribution < -0.4 is 0 Å². The second kappa shape index (κ2) is 4.38. The molecular weight excluding hydrogens is 216 g/mol. The second-order valence-electron chi connectivity index (χ2n) is 5.76. The van der Waals surface area contributed by atoms with Gasteiger partial charge in [0.25, 0.3) is 0 Å². The van der Waals surface area contributed by atoms with Gasteiger partial charge in [-0.15, -0.1) is 0 Å². The molecule has 0 aromatic carbocycles. The predicted octanol–water partition coefficient (Wildman–Crippen LogP) is 2.10. The zero-order valence-electron chi connectivity index (χ0n) is 10.4. The minimum Gasteiger partial charge on any atom is -0.396 e. The van der Waals surface area contributed by atoms with Crippen molar-refractivity contribution in [3.8, 4) is 0 Å². The lowest BCUT2D eigenvalue weighted by Gasteiger charge is -2.47. The molecule has 0 radical (unpaired) electrons. The molecule has 0 bridgehead atoms. The molecule has 3 fully saturated rings. The van der Waals surface area contributed by atoms with Gasteiger partial charge in [0.15, 0.2) is 5.79 Å². The number of aliphatic hydroxyl groups is 1. The van der Waals surface area contributed by atoms with Crippen LogP contribution in [0.4, 0.5) is 0 Å². The van der Waals surface area contributed by atoms with Crippen molar-refractivity contribution < 1.29 is 14.6 Å². The minimum atomic E-state index is -0.327. The number of fused-ring (bicyclic) bond motifs is 1. The maximum Gasteiger partial charge on any atom is 0.168 e. The van der Waals surface area contributed by atoms with Crippen molar-refractivity contribution in [1.82, 2.24) is 0 Å². The predicted molar refractivity (Wildman–Crippen MR) is 64.4 cm³/mol. The molecule has 1 spiro atoms. The van der Waals surface area contributed by atoms with Crippen LogP contribution in [-0.2, 0) is 9.47 Å². The molecule has 0 amide bonds. The molecule has 3 heteroatoms. The lowest BCUT2D eigenvalue weighted by Crippen LogP contribution is -2.45. The van der Waals surface area contributed by atoms with Crippen molar-refractivity contribution in [3.05, 3.63) is 12.2 Å². The summed E-state index contributed by atoms with van der Waals surface area (Å²) in [6.45, 7) is 5.96. The second-order valence-corrected chi connectivity index (χ2v) is 5.76. The first-order chi connectivity index (χ1) is 8.24. The first-order valence-corrected chi connectivity index (χ1v) is 6.80. The summed E-state index contributed by atoms with van der Waals surface area (Å²) in [4.78, 5) is 0. The zero-order valence-corrected chi connectivity index (χ0v) is 10.4. The zero-order chi connectivity index (χ0) is 11.9. The van der Waals surface area contributed by atoms with Crippen LogP contribution in [0.3, 0.4) is 0 Å². The highest BCUT2D eigenvalue weighted by Crippen LogP contribution is 2.50. The molecular formula is C14H22O3. The van der Waals surface area contributed by atoms with Crippen LogP contribution in [0, 0.1) is 17.8 Å². The summed E-state index contributed by atoms with van der Waals surface area (Å²) >= 11 is 0. The van der Waals surface area contributed by atoms with Crippen molar-refractivity contribution in [3.63, 3.8) is 0 Å². The monoisotopic (exact) mass is 238 g/mol. The van der Waals surface area contributed by atoms with Crippen LogP contribution in [0.2, 0.25) is 0 Å². The standard InChI is InChI=1S/C14H22O3/c1-10-2-3-11(9-15)13-8-14(5-4-12(10)13)16-6-7-17-14/h11-13,15H,1-9H2/t11-,12-,13-/m0/s1. The van der Waals surface area contributed by atoms with E-state index in [1.165, 1.54) is 5.57 Å². The Morgan fingerprint density at radius 3 is 2.76 bits per heavy atom. The highest BCUT2D eigenvalue weighted by atomic mass is 16.7. The quantitative estimate of drug-likeness (QED) is 0.711. The van der Waals surface area contributed by atoms with Gasteiger partial charge in [-0.05, 0) is 37.0 Å². The van der Waals surface area contributed by atoms with Gasteiger partial charge in [0, 0.05) is 19.4 Å². The van der Waals surface area contributed by atoms with Crippen LogP contribution in [0.15, 0.2) is 12.2 Å². The van der Waals surface area contributed by atoms with Crippen LogP contribution in [0.1, 0.15) is 32.1 Å². The van der Waals surface area contributed by atoms with E-state index in [-0.39, 0.29) is 5.79 Å². The van der Waals surface area contributed by atoms with E-state index in [9.17, 15) is 5.11 Å². The summed E-state index contributed by atoms with van der Waals surface area (Å²) in [6, 6.07) is 0. The van der Waals surface area contributed by atoms with E-state index in [0.717, 1.165) is 45.3 Å². The fourth-order valence-electron chi connectivity index (χ4n) is 3.95. The van der Waals surface area contributed by atoms with Gasteiger partial charge >= 0.3 is 0 Å². The first-order valence-electron chi connectivity index (χ1n) is 6.80. The maximum atomic E-state index is 9.54. The fraction of sp³-hybridized carbons (Fsp3) is 0.857. The summed E-state index contributed by atoms with van der Waals surface area (Å²) in [5.41, 5.74) is 1.38. The Kier molecular flexibility index (Phi) is 3.01. The normalized spacial score (nSPS) is 40.5. The fourth-order valence-corrected chi connectivity index (χ4v) is 3.95. The molecule has 3 nitrogen and oxygen atoms in total. The molecule has 2 saturated carbocycles. The highest BCUT2D eigenvalue weighted by Gasteiger charge is 2.48. The van der Waals surface area contributed by atoms with Gasteiger partial charge in [-0.3, -0.25) is 0 Å². The smallest absolute Gasteiger partial charge is 0.168 e. The average molecular weight is 238 g/mol. The van der Waals surface area contributed by atoms with Gasteiger partial charge in [-0.2, -0.15) is 0 Å². The third-order valence-electron chi connectivity index (χ3n) is 4.91. The Bertz CT molecular complexity index is 307. The van der Waals surface area contributed by atoms with E-state index in [1.54, 1.807) is 0 Å². The van der Waals surface area contributed by atoms with Gasteiger partial charge in [0.1, 0.15) is 0 Å². The van der Waals surface area contributed by atoms with Crippen molar-refractivity contribution >= 4 is 0 Å². The summed E-state index contributed by atoms with van der Waals surface area (Å²) < 4.78 is 11.6. The Hall–Kier alpha value is -0.380. The number of hydrogen-bond donors (Lipinski definition) is 1. The summed E-state index contributed by atoms with van der Waals surface area (Å²) in [5.74, 6) is 1.18. The molecule has 3 atom stereocenters. The molecule has 1 heterocycles. The van der Waals surface area contributed by atoms with Gasteiger partial charge in [0.2, 0.25) is 0 Å². The van der Waals surface area contributed by atoms with Crippen molar-refractivity contribution in [2.45, 2.75) is 37.9 Å². The molecule has 2 aliphatic carbocycles.